The van der Waals surface area contributed by atoms with Crippen LogP contribution in [0, 0.1) is 6.92 Å². The molecule has 2 heterocycles. The number of nitrogens with zero attached hydrogens (tertiary/aromatic N) is 3. The monoisotopic (exact) mass is 366 g/mol. The molecular formula is C21H26N4O2. The van der Waals surface area contributed by atoms with E-state index >= 15 is 0 Å². The van der Waals surface area contributed by atoms with Crippen LogP contribution in [0.3, 0.4) is 0 Å². The van der Waals surface area contributed by atoms with Crippen LogP contribution in [0.5, 0.6) is 5.75 Å². The van der Waals surface area contributed by atoms with E-state index in [0.717, 1.165) is 11.5 Å². The smallest absolute Gasteiger partial charge is 0.260 e. The molecule has 0 spiro atoms. The highest BCUT2D eigenvalue weighted by molar-refractivity contribution is 5.80. The molecule has 0 aliphatic heterocycles. The molecule has 142 valence electrons. The molecular weight excluding hydrogens is 340 g/mol. The first kappa shape index (κ1) is 18.9. The molecule has 1 N–H and O–H groups in total. The average molecular weight is 366 g/mol. The third-order valence-corrected chi connectivity index (χ3v) is 4.58. The predicted molar refractivity (Wildman–Crippen MR) is 105 cm³/mol. The molecule has 1 amide bonds. The number of hydrogen-bond acceptors (Lipinski definition) is 4. The molecule has 3 aromatic rings. The fourth-order valence-electron chi connectivity index (χ4n) is 3.13. The van der Waals surface area contributed by atoms with Crippen molar-refractivity contribution in [3.63, 3.8) is 0 Å². The summed E-state index contributed by atoms with van der Waals surface area (Å²) in [6.07, 6.45) is 1.96. The summed E-state index contributed by atoms with van der Waals surface area (Å²) in [4.78, 5) is 12.3. The lowest BCUT2D eigenvalue weighted by Crippen LogP contribution is -2.37. The quantitative estimate of drug-likeness (QED) is 0.697. The minimum absolute atomic E-state index is 0.144. The van der Waals surface area contributed by atoms with Gasteiger partial charge in [-0.3, -0.25) is 9.20 Å². The van der Waals surface area contributed by atoms with Crippen LogP contribution in [0.15, 0.2) is 42.6 Å². The van der Waals surface area contributed by atoms with Gasteiger partial charge < -0.3 is 10.1 Å². The highest BCUT2D eigenvalue weighted by Gasteiger charge is 2.15. The van der Waals surface area contributed by atoms with Crippen molar-refractivity contribution in [2.24, 2.45) is 0 Å². The standard InChI is InChI=1S/C21H26N4O2/c1-14(2)18-9-8-17(13-15(18)3)27-16(4)21(26)22-11-10-20-24-23-19-7-5-6-12-25(19)20/h5-9,12-14,16H,10-11H2,1-4H3,(H,22,26)/t16-/m0/s1. The van der Waals surface area contributed by atoms with Gasteiger partial charge in [0.15, 0.2) is 11.8 Å². The maximum atomic E-state index is 12.3. The van der Waals surface area contributed by atoms with Crippen LogP contribution in [0.1, 0.15) is 43.6 Å². The Balaban J connectivity index is 1.53. The number of aryl methyl sites for hydroxylation is 1. The molecule has 0 radical (unpaired) electrons. The summed E-state index contributed by atoms with van der Waals surface area (Å²) >= 11 is 0. The van der Waals surface area contributed by atoms with Gasteiger partial charge in [-0.05, 0) is 55.2 Å². The second kappa shape index (κ2) is 8.20. The van der Waals surface area contributed by atoms with Gasteiger partial charge in [0, 0.05) is 19.2 Å². The maximum absolute atomic E-state index is 12.3. The topological polar surface area (TPSA) is 68.5 Å². The van der Waals surface area contributed by atoms with Gasteiger partial charge in [-0.1, -0.05) is 26.0 Å². The van der Waals surface area contributed by atoms with Crippen molar-refractivity contribution >= 4 is 11.6 Å². The first-order valence-electron chi connectivity index (χ1n) is 9.29. The molecule has 0 fully saturated rings. The molecule has 0 unspecified atom stereocenters. The number of carbonyl (C=O) groups excluding carboxylic acids is 1. The van der Waals surface area contributed by atoms with E-state index in [1.54, 1.807) is 6.92 Å². The molecule has 3 rings (SSSR count). The first-order chi connectivity index (χ1) is 13.0. The number of carbonyl (C=O) groups is 1. The van der Waals surface area contributed by atoms with Crippen molar-refractivity contribution in [3.8, 4) is 5.75 Å². The normalized spacial score (nSPS) is 12.3. The number of pyridine rings is 1. The SMILES string of the molecule is Cc1cc(O[C@@H](C)C(=O)NCCc2nnc3ccccn23)ccc1C(C)C. The van der Waals surface area contributed by atoms with Gasteiger partial charge >= 0.3 is 0 Å². The zero-order valence-corrected chi connectivity index (χ0v) is 16.3. The van der Waals surface area contributed by atoms with Crippen molar-refractivity contribution in [1.82, 2.24) is 19.9 Å². The Morgan fingerprint density at radius 1 is 1.19 bits per heavy atom. The number of amides is 1. The van der Waals surface area contributed by atoms with Crippen LogP contribution in [0.2, 0.25) is 0 Å². The van der Waals surface area contributed by atoms with E-state index in [2.05, 4.69) is 42.4 Å². The van der Waals surface area contributed by atoms with E-state index in [1.165, 1.54) is 11.1 Å². The van der Waals surface area contributed by atoms with Crippen molar-refractivity contribution in [2.75, 3.05) is 6.54 Å². The summed E-state index contributed by atoms with van der Waals surface area (Å²) in [6.45, 7) is 8.63. The van der Waals surface area contributed by atoms with Gasteiger partial charge in [0.1, 0.15) is 11.6 Å². The zero-order chi connectivity index (χ0) is 19.4. The van der Waals surface area contributed by atoms with Crippen LogP contribution in [0.4, 0.5) is 0 Å². The van der Waals surface area contributed by atoms with Crippen molar-refractivity contribution < 1.29 is 9.53 Å². The molecule has 6 heteroatoms. The lowest BCUT2D eigenvalue weighted by atomic mass is 9.98. The highest BCUT2D eigenvalue weighted by atomic mass is 16.5. The number of hydrogen-bond donors (Lipinski definition) is 1. The third kappa shape index (κ3) is 4.45. The lowest BCUT2D eigenvalue weighted by molar-refractivity contribution is -0.127. The van der Waals surface area contributed by atoms with Crippen LogP contribution in [-0.4, -0.2) is 33.2 Å². The Labute approximate surface area is 159 Å². The minimum atomic E-state index is -0.565. The molecule has 0 bridgehead atoms. The Morgan fingerprint density at radius 3 is 2.74 bits per heavy atom. The summed E-state index contributed by atoms with van der Waals surface area (Å²) in [6, 6.07) is 11.7. The van der Waals surface area contributed by atoms with Crippen LogP contribution >= 0.6 is 0 Å². The van der Waals surface area contributed by atoms with E-state index in [0.29, 0.717) is 24.6 Å². The van der Waals surface area contributed by atoms with Gasteiger partial charge in [-0.2, -0.15) is 0 Å². The Kier molecular flexibility index (Phi) is 5.74. The molecule has 2 aromatic heterocycles. The van der Waals surface area contributed by atoms with Crippen LogP contribution < -0.4 is 10.1 Å². The molecule has 0 saturated carbocycles. The maximum Gasteiger partial charge on any atom is 0.260 e. The summed E-state index contributed by atoms with van der Waals surface area (Å²) in [5.41, 5.74) is 3.27. The van der Waals surface area contributed by atoms with E-state index in [4.69, 9.17) is 4.74 Å². The Bertz CT molecular complexity index is 933. The number of aromatic nitrogens is 3. The molecule has 0 saturated heterocycles. The number of benzene rings is 1. The predicted octanol–water partition coefficient (Wildman–Crippen LogP) is 3.29. The fourth-order valence-corrected chi connectivity index (χ4v) is 3.13. The summed E-state index contributed by atoms with van der Waals surface area (Å²) in [5, 5.41) is 11.2. The summed E-state index contributed by atoms with van der Waals surface area (Å²) in [5.74, 6) is 1.85. The van der Waals surface area contributed by atoms with Crippen LogP contribution in [0.25, 0.3) is 5.65 Å². The second-order valence-electron chi connectivity index (χ2n) is 7.02. The van der Waals surface area contributed by atoms with Gasteiger partial charge in [0.25, 0.3) is 5.91 Å². The van der Waals surface area contributed by atoms with Crippen molar-refractivity contribution in [2.45, 2.75) is 46.1 Å². The van der Waals surface area contributed by atoms with Gasteiger partial charge in [-0.25, -0.2) is 0 Å². The first-order valence-corrected chi connectivity index (χ1v) is 9.29. The Morgan fingerprint density at radius 2 is 2.00 bits per heavy atom. The molecule has 1 aromatic carbocycles. The minimum Gasteiger partial charge on any atom is -0.481 e. The van der Waals surface area contributed by atoms with Gasteiger partial charge in [0.2, 0.25) is 0 Å². The van der Waals surface area contributed by atoms with Gasteiger partial charge in [0.05, 0.1) is 0 Å². The largest absolute Gasteiger partial charge is 0.481 e. The number of ether oxygens (including phenoxy) is 1. The average Bonchev–Trinajstić information content (AvgIpc) is 3.04. The summed E-state index contributed by atoms with van der Waals surface area (Å²) < 4.78 is 7.73. The third-order valence-electron chi connectivity index (χ3n) is 4.58. The van der Waals surface area contributed by atoms with E-state index < -0.39 is 6.10 Å². The highest BCUT2D eigenvalue weighted by Crippen LogP contribution is 2.24. The van der Waals surface area contributed by atoms with E-state index in [1.807, 2.05) is 40.9 Å². The Hall–Kier alpha value is -2.89. The van der Waals surface area contributed by atoms with Crippen molar-refractivity contribution in [1.29, 1.82) is 0 Å². The van der Waals surface area contributed by atoms with E-state index in [-0.39, 0.29) is 5.91 Å². The second-order valence-corrected chi connectivity index (χ2v) is 7.02. The van der Waals surface area contributed by atoms with Crippen LogP contribution in [-0.2, 0) is 11.2 Å². The molecule has 0 aliphatic rings. The fraction of sp³-hybridized carbons (Fsp3) is 0.381. The van der Waals surface area contributed by atoms with E-state index in [9.17, 15) is 4.79 Å². The zero-order valence-electron chi connectivity index (χ0n) is 16.3. The number of fused-ring (bicyclic) bond motifs is 1. The number of nitrogens with one attached hydrogen (secondary N) is 1. The lowest BCUT2D eigenvalue weighted by Gasteiger charge is -2.17. The van der Waals surface area contributed by atoms with Crippen molar-refractivity contribution in [3.05, 3.63) is 59.5 Å². The molecule has 27 heavy (non-hydrogen) atoms. The van der Waals surface area contributed by atoms with Gasteiger partial charge in [-0.15, -0.1) is 10.2 Å². The molecule has 6 nitrogen and oxygen atoms in total. The molecule has 1 atom stereocenters. The number of rotatable bonds is 7. The molecule has 0 aliphatic carbocycles. The summed E-state index contributed by atoms with van der Waals surface area (Å²) in [7, 11) is 0.